The number of hydrogen-bond acceptors (Lipinski definition) is 15. The number of carbonyl (C=O) groups is 4. The molecule has 0 heterocycles. The van der Waals surface area contributed by atoms with Gasteiger partial charge in [0.05, 0.1) is 26.4 Å². The minimum absolute atomic E-state index is 0.107. The lowest BCUT2D eigenvalue weighted by Crippen LogP contribution is -2.30. The van der Waals surface area contributed by atoms with E-state index >= 15 is 0 Å². The first-order valence-corrected chi connectivity index (χ1v) is 40.5. The van der Waals surface area contributed by atoms with E-state index in [1.54, 1.807) is 0 Å². The van der Waals surface area contributed by atoms with Crippen molar-refractivity contribution in [2.24, 2.45) is 11.8 Å². The van der Waals surface area contributed by atoms with E-state index in [0.29, 0.717) is 25.7 Å². The Hall–Kier alpha value is -1.94. The molecule has 2 unspecified atom stereocenters. The van der Waals surface area contributed by atoms with E-state index in [-0.39, 0.29) is 25.7 Å². The second kappa shape index (κ2) is 64.1. The molecular weight excluding hydrogens is 1200 g/mol. The molecule has 0 spiro atoms. The fraction of sp³-hybridized carbons (Fsp3) is 0.944. The molecule has 0 aliphatic carbocycles. The Labute approximate surface area is 556 Å². The van der Waals surface area contributed by atoms with Crippen LogP contribution in [0.2, 0.25) is 0 Å². The van der Waals surface area contributed by atoms with Crippen molar-refractivity contribution < 1.29 is 80.2 Å². The number of phosphoric ester groups is 2. The molecule has 91 heavy (non-hydrogen) atoms. The normalized spacial score (nSPS) is 14.1. The lowest BCUT2D eigenvalue weighted by Gasteiger charge is -2.21. The van der Waals surface area contributed by atoms with Crippen molar-refractivity contribution in [3.8, 4) is 0 Å². The molecule has 0 rings (SSSR count). The van der Waals surface area contributed by atoms with Crippen LogP contribution in [0.1, 0.15) is 369 Å². The number of aliphatic hydroxyl groups excluding tert-OH is 1. The van der Waals surface area contributed by atoms with Crippen LogP contribution in [0.25, 0.3) is 0 Å². The van der Waals surface area contributed by atoms with Crippen molar-refractivity contribution in [3.63, 3.8) is 0 Å². The molecule has 0 aliphatic heterocycles. The number of hydrogen-bond donors (Lipinski definition) is 3. The Bertz CT molecular complexity index is 1770. The summed E-state index contributed by atoms with van der Waals surface area (Å²) in [5.74, 6) is -0.546. The van der Waals surface area contributed by atoms with E-state index in [4.69, 9.17) is 37.0 Å². The van der Waals surface area contributed by atoms with Crippen LogP contribution < -0.4 is 0 Å². The van der Waals surface area contributed by atoms with Gasteiger partial charge in [-0.3, -0.25) is 37.3 Å². The lowest BCUT2D eigenvalue weighted by atomic mass is 10.0. The molecule has 0 aromatic carbocycles. The first-order valence-electron chi connectivity index (χ1n) is 37.5. The van der Waals surface area contributed by atoms with Gasteiger partial charge < -0.3 is 33.8 Å². The number of unbranched alkanes of at least 4 members (excludes halogenated alkanes) is 41. The first-order chi connectivity index (χ1) is 43.9. The number of esters is 4. The molecule has 0 fully saturated rings. The van der Waals surface area contributed by atoms with E-state index in [9.17, 15) is 43.2 Å². The second-order valence-corrected chi connectivity index (χ2v) is 29.8. The van der Waals surface area contributed by atoms with Crippen LogP contribution >= 0.6 is 15.6 Å². The summed E-state index contributed by atoms with van der Waals surface area (Å²) >= 11 is 0. The molecule has 0 aromatic heterocycles. The van der Waals surface area contributed by atoms with Crippen LogP contribution in [0, 0.1) is 11.8 Å². The molecule has 0 bridgehead atoms. The number of phosphoric acid groups is 2. The summed E-state index contributed by atoms with van der Waals surface area (Å²) in [6.07, 6.45) is 50.0. The number of carbonyl (C=O) groups excluding carboxylic acids is 4. The lowest BCUT2D eigenvalue weighted by molar-refractivity contribution is -0.161. The molecule has 0 aliphatic rings. The quantitative estimate of drug-likeness (QED) is 0.0222. The van der Waals surface area contributed by atoms with E-state index in [2.05, 4.69) is 41.5 Å². The number of ether oxygens (including phenoxy) is 4. The Morgan fingerprint density at radius 1 is 0.297 bits per heavy atom. The molecule has 540 valence electrons. The van der Waals surface area contributed by atoms with Crippen molar-refractivity contribution in [1.82, 2.24) is 0 Å². The van der Waals surface area contributed by atoms with Crippen LogP contribution in [0.5, 0.6) is 0 Å². The molecule has 0 saturated carbocycles. The summed E-state index contributed by atoms with van der Waals surface area (Å²) in [6, 6.07) is 0. The van der Waals surface area contributed by atoms with E-state index in [1.165, 1.54) is 173 Å². The molecule has 0 amide bonds. The van der Waals surface area contributed by atoms with Crippen molar-refractivity contribution in [1.29, 1.82) is 0 Å². The van der Waals surface area contributed by atoms with Gasteiger partial charge in [0.1, 0.15) is 19.3 Å². The van der Waals surface area contributed by atoms with Gasteiger partial charge in [0.2, 0.25) is 0 Å². The Balaban J connectivity index is 5.20. The van der Waals surface area contributed by atoms with Gasteiger partial charge in [-0.25, -0.2) is 9.13 Å². The van der Waals surface area contributed by atoms with Crippen LogP contribution in [-0.2, 0) is 65.4 Å². The maximum absolute atomic E-state index is 13.0. The first kappa shape index (κ1) is 89.1. The Morgan fingerprint density at radius 3 is 0.747 bits per heavy atom. The van der Waals surface area contributed by atoms with Crippen LogP contribution in [-0.4, -0.2) is 96.7 Å². The maximum Gasteiger partial charge on any atom is 0.472 e. The van der Waals surface area contributed by atoms with Gasteiger partial charge in [0, 0.05) is 25.7 Å². The van der Waals surface area contributed by atoms with Gasteiger partial charge in [0.25, 0.3) is 0 Å². The summed E-state index contributed by atoms with van der Waals surface area (Å²) in [5.41, 5.74) is 0. The Morgan fingerprint density at radius 2 is 0.505 bits per heavy atom. The predicted molar refractivity (Wildman–Crippen MR) is 368 cm³/mol. The molecular formula is C72H140O17P2. The zero-order chi connectivity index (χ0) is 67.2. The molecule has 0 saturated heterocycles. The Kier molecular flexibility index (Phi) is 62.7. The standard InChI is InChI=1S/C72H140O17P2/c1-7-9-11-13-15-16-17-26-32-38-44-50-56-71(76)88-67(60-82-69(74)54-48-42-34-14-12-10-8-2)62-86-90(78,79)84-58-66(73)59-85-91(80,81)87-63-68(89-72(77)57-51-45-39-33-28-23-19-21-25-30-36-41-47-53-65(5)6)61-83-70(75)55-49-43-37-31-27-22-18-20-24-29-35-40-46-52-64(3)4/h64-68,73H,7-63H2,1-6H3,(H,78,79)(H,80,81)/t66-,67+,68+/m0/s1. The van der Waals surface area contributed by atoms with Crippen molar-refractivity contribution >= 4 is 39.5 Å². The molecule has 19 heteroatoms. The second-order valence-electron chi connectivity index (χ2n) is 26.9. The minimum atomic E-state index is -4.95. The van der Waals surface area contributed by atoms with Crippen molar-refractivity contribution in [2.75, 3.05) is 39.6 Å². The van der Waals surface area contributed by atoms with Crippen molar-refractivity contribution in [2.45, 2.75) is 387 Å². The monoisotopic (exact) mass is 1340 g/mol. The highest BCUT2D eigenvalue weighted by Crippen LogP contribution is 2.45. The van der Waals surface area contributed by atoms with Gasteiger partial charge in [-0.15, -0.1) is 0 Å². The van der Waals surface area contributed by atoms with E-state index in [1.807, 2.05) is 0 Å². The van der Waals surface area contributed by atoms with Crippen molar-refractivity contribution in [3.05, 3.63) is 0 Å². The van der Waals surface area contributed by atoms with Crippen LogP contribution in [0.4, 0.5) is 0 Å². The topological polar surface area (TPSA) is 237 Å². The highest BCUT2D eigenvalue weighted by molar-refractivity contribution is 7.47. The number of aliphatic hydroxyl groups is 1. The molecule has 3 N–H and O–H groups in total. The van der Waals surface area contributed by atoms with Gasteiger partial charge in [-0.1, -0.05) is 318 Å². The molecule has 0 aromatic rings. The molecule has 17 nitrogen and oxygen atoms in total. The third-order valence-corrected chi connectivity index (χ3v) is 18.6. The van der Waals surface area contributed by atoms with Crippen LogP contribution in [0.15, 0.2) is 0 Å². The van der Waals surface area contributed by atoms with Gasteiger partial charge in [-0.05, 0) is 37.5 Å². The minimum Gasteiger partial charge on any atom is -0.462 e. The molecule has 5 atom stereocenters. The van der Waals surface area contributed by atoms with Gasteiger partial charge in [-0.2, -0.15) is 0 Å². The highest BCUT2D eigenvalue weighted by Gasteiger charge is 2.30. The third-order valence-electron chi connectivity index (χ3n) is 16.7. The largest absolute Gasteiger partial charge is 0.472 e. The fourth-order valence-corrected chi connectivity index (χ4v) is 12.5. The zero-order valence-electron chi connectivity index (χ0n) is 59.1. The maximum atomic E-state index is 13.0. The number of rotatable bonds is 71. The van der Waals surface area contributed by atoms with Crippen LogP contribution in [0.3, 0.4) is 0 Å². The summed E-state index contributed by atoms with van der Waals surface area (Å²) in [5, 5.41) is 10.6. The predicted octanol–water partition coefficient (Wildman–Crippen LogP) is 20.8. The SMILES string of the molecule is CCCCCCCCCCCCCCC(=O)O[C@H](COC(=O)CCCCCCCCC)COP(=O)(O)OC[C@H](O)COP(=O)(O)OC[C@@H](COC(=O)CCCCCCCCCCCCCCCC(C)C)OC(=O)CCCCCCCCCCCCCCCC(C)C. The summed E-state index contributed by atoms with van der Waals surface area (Å²) in [7, 11) is -9.90. The fourth-order valence-electron chi connectivity index (χ4n) is 10.9. The van der Waals surface area contributed by atoms with Gasteiger partial charge >= 0.3 is 39.5 Å². The zero-order valence-corrected chi connectivity index (χ0v) is 60.9. The van der Waals surface area contributed by atoms with E-state index in [0.717, 1.165) is 115 Å². The molecule has 0 radical (unpaired) electrons. The summed E-state index contributed by atoms with van der Waals surface area (Å²) in [6.45, 7) is 9.56. The highest BCUT2D eigenvalue weighted by atomic mass is 31.2. The third kappa shape index (κ3) is 66.5. The summed E-state index contributed by atoms with van der Waals surface area (Å²) in [4.78, 5) is 72.5. The van der Waals surface area contributed by atoms with Gasteiger partial charge in [0.15, 0.2) is 12.2 Å². The smallest absolute Gasteiger partial charge is 0.462 e. The average molecular weight is 1340 g/mol. The average Bonchev–Trinajstić information content (AvgIpc) is 3.68. The summed E-state index contributed by atoms with van der Waals surface area (Å²) < 4.78 is 68.3. The van der Waals surface area contributed by atoms with E-state index < -0.39 is 97.5 Å².